The largest absolute Gasteiger partial charge is 0.497 e. The van der Waals surface area contributed by atoms with E-state index in [1.807, 2.05) is 58.8 Å². The van der Waals surface area contributed by atoms with Crippen LogP contribution in [0.1, 0.15) is 11.4 Å². The molecular formula is C21H22N4O2. The van der Waals surface area contributed by atoms with Crippen LogP contribution < -0.4 is 10.1 Å². The van der Waals surface area contributed by atoms with Gasteiger partial charge in [-0.3, -0.25) is 4.79 Å². The number of methoxy groups -OCH3 is 1. The summed E-state index contributed by atoms with van der Waals surface area (Å²) in [6, 6.07) is 13.9. The average Bonchev–Trinajstić information content (AvgIpc) is 3.21. The van der Waals surface area contributed by atoms with Crippen molar-refractivity contribution < 1.29 is 9.53 Å². The molecule has 0 saturated carbocycles. The van der Waals surface area contributed by atoms with E-state index in [0.717, 1.165) is 33.5 Å². The molecule has 27 heavy (non-hydrogen) atoms. The molecule has 0 unspecified atom stereocenters. The first kappa shape index (κ1) is 17.1. The number of carbonyl (C=O) groups is 1. The molecule has 0 aliphatic heterocycles. The monoisotopic (exact) mass is 362 g/mol. The van der Waals surface area contributed by atoms with Crippen LogP contribution in [0.25, 0.3) is 21.9 Å². The van der Waals surface area contributed by atoms with Crippen LogP contribution in [0.15, 0.2) is 48.7 Å². The van der Waals surface area contributed by atoms with Crippen LogP contribution >= 0.6 is 0 Å². The van der Waals surface area contributed by atoms with Gasteiger partial charge in [0.1, 0.15) is 18.1 Å². The van der Waals surface area contributed by atoms with Crippen LogP contribution in [0.5, 0.6) is 5.75 Å². The molecule has 0 aliphatic carbocycles. The first-order valence-corrected chi connectivity index (χ1v) is 8.87. The van der Waals surface area contributed by atoms with Crippen LogP contribution in [0.2, 0.25) is 0 Å². The molecule has 0 saturated heterocycles. The number of hydrogen-bond donors (Lipinski definition) is 1. The number of rotatable bonds is 5. The van der Waals surface area contributed by atoms with Gasteiger partial charge < -0.3 is 19.2 Å². The van der Waals surface area contributed by atoms with Gasteiger partial charge in [-0.1, -0.05) is 12.1 Å². The van der Waals surface area contributed by atoms with Crippen molar-refractivity contribution >= 4 is 27.8 Å². The van der Waals surface area contributed by atoms with E-state index in [-0.39, 0.29) is 12.5 Å². The first-order valence-electron chi connectivity index (χ1n) is 8.87. The van der Waals surface area contributed by atoms with Gasteiger partial charge in [-0.05, 0) is 42.8 Å². The zero-order valence-corrected chi connectivity index (χ0v) is 15.7. The summed E-state index contributed by atoms with van der Waals surface area (Å²) >= 11 is 0. The van der Waals surface area contributed by atoms with Gasteiger partial charge in [-0.2, -0.15) is 0 Å². The third-order valence-electron chi connectivity index (χ3n) is 4.92. The number of carbonyl (C=O) groups excluding carboxylic acids is 1. The van der Waals surface area contributed by atoms with Crippen molar-refractivity contribution in [2.24, 2.45) is 7.05 Å². The molecule has 6 heteroatoms. The molecule has 0 atom stereocenters. The number of aromatic nitrogens is 3. The van der Waals surface area contributed by atoms with E-state index >= 15 is 0 Å². The normalized spacial score (nSPS) is 11.2. The fraction of sp³-hybridized carbons (Fsp3) is 0.238. The second-order valence-electron chi connectivity index (χ2n) is 6.67. The minimum absolute atomic E-state index is 0.0490. The molecule has 4 aromatic rings. The summed E-state index contributed by atoms with van der Waals surface area (Å²) in [6.45, 7) is 2.73. The molecule has 0 radical (unpaired) electrons. The summed E-state index contributed by atoms with van der Waals surface area (Å²) in [5.41, 5.74) is 4.23. The van der Waals surface area contributed by atoms with Crippen molar-refractivity contribution in [1.82, 2.24) is 19.4 Å². The highest BCUT2D eigenvalue weighted by molar-refractivity contribution is 5.84. The molecule has 6 nitrogen and oxygen atoms in total. The van der Waals surface area contributed by atoms with Crippen molar-refractivity contribution in [1.29, 1.82) is 0 Å². The van der Waals surface area contributed by atoms with Crippen LogP contribution in [-0.2, 0) is 24.9 Å². The molecule has 0 bridgehead atoms. The first-order chi connectivity index (χ1) is 13.1. The van der Waals surface area contributed by atoms with E-state index < -0.39 is 0 Å². The van der Waals surface area contributed by atoms with Crippen molar-refractivity contribution in [2.75, 3.05) is 7.11 Å². The Kier molecular flexibility index (Phi) is 4.32. The second kappa shape index (κ2) is 6.79. The third-order valence-corrected chi connectivity index (χ3v) is 4.92. The predicted molar refractivity (Wildman–Crippen MR) is 106 cm³/mol. The fourth-order valence-electron chi connectivity index (χ4n) is 3.50. The smallest absolute Gasteiger partial charge is 0.240 e. The molecule has 2 aromatic heterocycles. The lowest BCUT2D eigenvalue weighted by Gasteiger charge is -2.08. The number of para-hydroxylation sites is 1. The zero-order valence-electron chi connectivity index (χ0n) is 15.7. The number of fused-ring (bicyclic) bond motifs is 2. The Bertz CT molecular complexity index is 1140. The Balaban J connectivity index is 1.48. The molecule has 1 N–H and O–H groups in total. The molecule has 2 heterocycles. The highest BCUT2D eigenvalue weighted by Gasteiger charge is 2.12. The van der Waals surface area contributed by atoms with Gasteiger partial charge >= 0.3 is 0 Å². The summed E-state index contributed by atoms with van der Waals surface area (Å²) in [5, 5.41) is 4.03. The lowest BCUT2D eigenvalue weighted by Crippen LogP contribution is -2.28. The van der Waals surface area contributed by atoms with Crippen molar-refractivity contribution in [3.05, 3.63) is 60.0 Å². The van der Waals surface area contributed by atoms with Crippen LogP contribution in [0.3, 0.4) is 0 Å². The van der Waals surface area contributed by atoms with Gasteiger partial charge in [0, 0.05) is 24.1 Å². The summed E-state index contributed by atoms with van der Waals surface area (Å²) in [4.78, 5) is 17.1. The Labute approximate surface area is 157 Å². The number of amides is 1. The molecule has 2 aromatic carbocycles. The highest BCUT2D eigenvalue weighted by atomic mass is 16.5. The van der Waals surface area contributed by atoms with Gasteiger partial charge in [0.05, 0.1) is 24.7 Å². The maximum absolute atomic E-state index is 12.5. The van der Waals surface area contributed by atoms with Crippen LogP contribution in [0.4, 0.5) is 0 Å². The summed E-state index contributed by atoms with van der Waals surface area (Å²) in [7, 11) is 3.63. The minimum atomic E-state index is -0.0490. The average molecular weight is 362 g/mol. The molecule has 0 fully saturated rings. The van der Waals surface area contributed by atoms with Crippen molar-refractivity contribution in [3.8, 4) is 5.75 Å². The van der Waals surface area contributed by atoms with Crippen LogP contribution in [-0.4, -0.2) is 27.1 Å². The lowest BCUT2D eigenvalue weighted by atomic mass is 10.2. The molecule has 138 valence electrons. The molecular weight excluding hydrogens is 340 g/mol. The predicted octanol–water partition coefficient (Wildman–Crippen LogP) is 3.16. The summed E-state index contributed by atoms with van der Waals surface area (Å²) in [6.07, 6.45) is 1.92. The van der Waals surface area contributed by atoms with Gasteiger partial charge in [0.25, 0.3) is 0 Å². The number of aryl methyl sites for hydroxylation is 2. The number of benzene rings is 2. The van der Waals surface area contributed by atoms with Gasteiger partial charge in [-0.25, -0.2) is 4.98 Å². The second-order valence-corrected chi connectivity index (χ2v) is 6.67. The number of imidazole rings is 1. The van der Waals surface area contributed by atoms with E-state index in [4.69, 9.17) is 4.74 Å². The van der Waals surface area contributed by atoms with Crippen molar-refractivity contribution in [2.45, 2.75) is 20.0 Å². The van der Waals surface area contributed by atoms with Crippen LogP contribution in [0, 0.1) is 6.92 Å². The Morgan fingerprint density at radius 2 is 2.07 bits per heavy atom. The van der Waals surface area contributed by atoms with Gasteiger partial charge in [0.2, 0.25) is 5.91 Å². The Hall–Kier alpha value is -3.28. The summed E-state index contributed by atoms with van der Waals surface area (Å²) < 4.78 is 9.22. The van der Waals surface area contributed by atoms with E-state index in [1.165, 1.54) is 5.56 Å². The number of nitrogens with one attached hydrogen (secondary N) is 1. The summed E-state index contributed by atoms with van der Waals surface area (Å²) in [5.74, 6) is 1.60. The molecule has 0 spiro atoms. The van der Waals surface area contributed by atoms with E-state index in [9.17, 15) is 4.79 Å². The number of nitrogens with zero attached hydrogens (tertiary/aromatic N) is 3. The maximum Gasteiger partial charge on any atom is 0.240 e. The van der Waals surface area contributed by atoms with Gasteiger partial charge in [-0.15, -0.1) is 0 Å². The topological polar surface area (TPSA) is 61.1 Å². The molecule has 1 amide bonds. The van der Waals surface area contributed by atoms with Crippen molar-refractivity contribution in [3.63, 3.8) is 0 Å². The standard InChI is InChI=1S/C21H22N4O2/c1-14-5-4-6-17-21(14)24(2)19(23-17)12-22-20(26)13-25-10-9-15-11-16(27-3)7-8-18(15)25/h4-11H,12-13H2,1-3H3,(H,22,26). The zero-order chi connectivity index (χ0) is 19.0. The Morgan fingerprint density at radius 3 is 2.85 bits per heavy atom. The van der Waals surface area contributed by atoms with E-state index in [0.29, 0.717) is 6.54 Å². The van der Waals surface area contributed by atoms with Gasteiger partial charge in [0.15, 0.2) is 0 Å². The fourth-order valence-corrected chi connectivity index (χ4v) is 3.50. The van der Waals surface area contributed by atoms with E-state index in [1.54, 1.807) is 7.11 Å². The maximum atomic E-state index is 12.5. The number of hydrogen-bond acceptors (Lipinski definition) is 3. The molecule has 4 rings (SSSR count). The highest BCUT2D eigenvalue weighted by Crippen LogP contribution is 2.22. The Morgan fingerprint density at radius 1 is 1.22 bits per heavy atom. The SMILES string of the molecule is COc1ccc2c(ccn2CC(=O)NCc2nc3cccc(C)c3n2C)c1. The van der Waals surface area contributed by atoms with E-state index in [2.05, 4.69) is 23.3 Å². The molecule has 0 aliphatic rings. The third kappa shape index (κ3) is 3.14. The number of ether oxygens (including phenoxy) is 1. The lowest BCUT2D eigenvalue weighted by molar-refractivity contribution is -0.121. The quantitative estimate of drug-likeness (QED) is 0.593. The minimum Gasteiger partial charge on any atom is -0.497 e.